The van der Waals surface area contributed by atoms with Crippen molar-refractivity contribution in [3.63, 3.8) is 0 Å². The van der Waals surface area contributed by atoms with Crippen LogP contribution in [0.1, 0.15) is 17.5 Å². The summed E-state index contributed by atoms with van der Waals surface area (Å²) in [6.45, 7) is 0. The fourth-order valence-electron chi connectivity index (χ4n) is 3.66. The molecule has 0 aliphatic carbocycles. The van der Waals surface area contributed by atoms with Gasteiger partial charge in [0.15, 0.2) is 0 Å². The van der Waals surface area contributed by atoms with Crippen LogP contribution < -0.4 is 15.4 Å². The van der Waals surface area contributed by atoms with Crippen molar-refractivity contribution in [2.45, 2.75) is 25.1 Å². The average Bonchev–Trinajstić information content (AvgIpc) is 2.73. The minimum absolute atomic E-state index is 0.246. The highest BCUT2D eigenvalue weighted by Crippen LogP contribution is 2.43. The van der Waals surface area contributed by atoms with Gasteiger partial charge >= 0.3 is 6.18 Å². The molecule has 0 saturated carbocycles. The number of nitrogens with two attached hydrogens (primary N) is 1. The summed E-state index contributed by atoms with van der Waals surface area (Å²) in [5, 5.41) is 0. The number of aromatic nitrogens is 1. The zero-order chi connectivity index (χ0) is 21.3. The average molecular weight is 413 g/mol. The summed E-state index contributed by atoms with van der Waals surface area (Å²) in [6.07, 6.45) is -0.441. The SMILES string of the molecule is NC(=O)C1CCc2c(Oc3ccncc3)cccc2N1c1cccc(C(F)(F)F)c1. The van der Waals surface area contributed by atoms with Crippen LogP contribution in [-0.2, 0) is 17.4 Å². The molecular formula is C22H18F3N3O2. The van der Waals surface area contributed by atoms with Gasteiger partial charge in [0.2, 0.25) is 5.91 Å². The van der Waals surface area contributed by atoms with E-state index < -0.39 is 23.7 Å². The first kappa shape index (κ1) is 19.8. The minimum Gasteiger partial charge on any atom is -0.457 e. The lowest BCUT2D eigenvalue weighted by atomic mass is 9.93. The fourth-order valence-corrected chi connectivity index (χ4v) is 3.66. The van der Waals surface area contributed by atoms with Gasteiger partial charge in [0.25, 0.3) is 0 Å². The van der Waals surface area contributed by atoms with Crippen molar-refractivity contribution in [2.24, 2.45) is 5.73 Å². The predicted octanol–water partition coefficient (Wildman–Crippen LogP) is 4.83. The Kier molecular flexibility index (Phi) is 5.07. The predicted molar refractivity (Wildman–Crippen MR) is 106 cm³/mol. The molecule has 2 heterocycles. The highest BCUT2D eigenvalue weighted by Gasteiger charge is 2.35. The molecule has 0 spiro atoms. The molecule has 0 saturated heterocycles. The van der Waals surface area contributed by atoms with Crippen molar-refractivity contribution in [2.75, 3.05) is 4.90 Å². The lowest BCUT2D eigenvalue weighted by Gasteiger charge is -2.38. The molecule has 8 heteroatoms. The Hall–Kier alpha value is -3.55. The minimum atomic E-state index is -4.50. The Labute approximate surface area is 170 Å². The topological polar surface area (TPSA) is 68.5 Å². The van der Waals surface area contributed by atoms with Crippen LogP contribution in [0.25, 0.3) is 0 Å². The number of halogens is 3. The first-order chi connectivity index (χ1) is 14.3. The van der Waals surface area contributed by atoms with Crippen molar-refractivity contribution >= 4 is 17.3 Å². The summed E-state index contributed by atoms with van der Waals surface area (Å²) >= 11 is 0. The van der Waals surface area contributed by atoms with E-state index in [-0.39, 0.29) is 5.69 Å². The molecule has 1 unspecified atom stereocenters. The zero-order valence-electron chi connectivity index (χ0n) is 15.8. The third-order valence-corrected chi connectivity index (χ3v) is 5.00. The summed E-state index contributed by atoms with van der Waals surface area (Å²) in [7, 11) is 0. The number of anilines is 2. The van der Waals surface area contributed by atoms with Gasteiger partial charge in [-0.3, -0.25) is 9.78 Å². The van der Waals surface area contributed by atoms with Crippen LogP contribution in [0.15, 0.2) is 67.0 Å². The third-order valence-electron chi connectivity index (χ3n) is 5.00. The molecule has 154 valence electrons. The maximum atomic E-state index is 13.3. The first-order valence-corrected chi connectivity index (χ1v) is 9.30. The van der Waals surface area contributed by atoms with E-state index in [1.165, 1.54) is 12.1 Å². The van der Waals surface area contributed by atoms with Crippen molar-refractivity contribution in [3.8, 4) is 11.5 Å². The van der Waals surface area contributed by atoms with Crippen LogP contribution >= 0.6 is 0 Å². The van der Waals surface area contributed by atoms with E-state index in [2.05, 4.69) is 4.98 Å². The molecule has 1 atom stereocenters. The molecule has 5 nitrogen and oxygen atoms in total. The van der Waals surface area contributed by atoms with Crippen LogP contribution in [0.3, 0.4) is 0 Å². The second-order valence-corrected chi connectivity index (χ2v) is 6.91. The number of amides is 1. The van der Waals surface area contributed by atoms with E-state index in [9.17, 15) is 18.0 Å². The lowest BCUT2D eigenvalue weighted by Crippen LogP contribution is -2.45. The summed E-state index contributed by atoms with van der Waals surface area (Å²) in [4.78, 5) is 17.6. The van der Waals surface area contributed by atoms with Gasteiger partial charge in [0.05, 0.1) is 5.56 Å². The molecule has 2 N–H and O–H groups in total. The molecule has 0 radical (unpaired) electrons. The Balaban J connectivity index is 1.81. The zero-order valence-corrected chi connectivity index (χ0v) is 15.8. The normalized spacial score (nSPS) is 16.1. The molecule has 1 aliphatic heterocycles. The maximum absolute atomic E-state index is 13.3. The smallest absolute Gasteiger partial charge is 0.416 e. The van der Waals surface area contributed by atoms with Crippen molar-refractivity contribution in [3.05, 3.63) is 78.1 Å². The molecule has 2 aromatic carbocycles. The number of fused-ring (bicyclic) bond motifs is 1. The van der Waals surface area contributed by atoms with Gasteiger partial charge < -0.3 is 15.4 Å². The lowest BCUT2D eigenvalue weighted by molar-refractivity contribution is -0.137. The third kappa shape index (κ3) is 3.80. The largest absolute Gasteiger partial charge is 0.457 e. The number of carbonyl (C=O) groups excluding carboxylic acids is 1. The molecule has 1 aliphatic rings. The standard InChI is InChI=1S/C22H18F3N3O2/c23-22(24,25)14-3-1-4-15(13-14)28-18-5-2-6-20(30-16-9-11-27-12-10-16)17(18)7-8-19(28)21(26)29/h1-6,9-13,19H,7-8H2,(H2,26,29). The highest BCUT2D eigenvalue weighted by atomic mass is 19.4. The second-order valence-electron chi connectivity index (χ2n) is 6.91. The maximum Gasteiger partial charge on any atom is 0.416 e. The number of nitrogens with zero attached hydrogens (tertiary/aromatic N) is 2. The number of rotatable bonds is 4. The first-order valence-electron chi connectivity index (χ1n) is 9.30. The fraction of sp³-hybridized carbons (Fsp3) is 0.182. The number of benzene rings is 2. The van der Waals surface area contributed by atoms with Crippen molar-refractivity contribution in [1.29, 1.82) is 0 Å². The number of pyridine rings is 1. The van der Waals surface area contributed by atoms with E-state index in [1.807, 2.05) is 0 Å². The van der Waals surface area contributed by atoms with E-state index in [4.69, 9.17) is 10.5 Å². The molecule has 4 rings (SSSR count). The summed E-state index contributed by atoms with van der Waals surface area (Å²) in [5.74, 6) is 0.554. The van der Waals surface area contributed by atoms with E-state index in [0.717, 1.165) is 17.7 Å². The van der Waals surface area contributed by atoms with Gasteiger partial charge in [-0.15, -0.1) is 0 Å². The summed E-state index contributed by atoms with van der Waals surface area (Å²) < 4.78 is 45.7. The summed E-state index contributed by atoms with van der Waals surface area (Å²) in [5.41, 5.74) is 6.44. The van der Waals surface area contributed by atoms with Crippen LogP contribution in [0.2, 0.25) is 0 Å². The van der Waals surface area contributed by atoms with Gasteiger partial charge in [0, 0.05) is 29.3 Å². The number of hydrogen-bond acceptors (Lipinski definition) is 4. The molecule has 3 aromatic rings. The molecule has 0 bridgehead atoms. The van der Waals surface area contributed by atoms with Crippen LogP contribution in [0.4, 0.5) is 24.5 Å². The van der Waals surface area contributed by atoms with Gasteiger partial charge in [-0.25, -0.2) is 0 Å². The number of alkyl halides is 3. The number of hydrogen-bond donors (Lipinski definition) is 1. The Morgan fingerprint density at radius 3 is 2.53 bits per heavy atom. The Morgan fingerprint density at radius 1 is 1.10 bits per heavy atom. The van der Waals surface area contributed by atoms with Gasteiger partial charge in [-0.2, -0.15) is 13.2 Å². The van der Waals surface area contributed by atoms with Gasteiger partial charge in [0.1, 0.15) is 17.5 Å². The molecule has 30 heavy (non-hydrogen) atoms. The van der Waals surface area contributed by atoms with E-state index in [1.54, 1.807) is 47.6 Å². The molecular weight excluding hydrogens is 395 g/mol. The monoisotopic (exact) mass is 413 g/mol. The molecule has 1 amide bonds. The van der Waals surface area contributed by atoms with Gasteiger partial charge in [-0.1, -0.05) is 12.1 Å². The second kappa shape index (κ2) is 7.70. The number of carbonyl (C=O) groups is 1. The van der Waals surface area contributed by atoms with Crippen molar-refractivity contribution < 1.29 is 22.7 Å². The highest BCUT2D eigenvalue weighted by molar-refractivity contribution is 5.89. The number of ether oxygens (including phenoxy) is 1. The van der Waals surface area contributed by atoms with E-state index >= 15 is 0 Å². The van der Waals surface area contributed by atoms with Crippen LogP contribution in [0, 0.1) is 0 Å². The Bertz CT molecular complexity index is 1070. The van der Waals surface area contributed by atoms with E-state index in [0.29, 0.717) is 30.0 Å². The van der Waals surface area contributed by atoms with Crippen LogP contribution in [0.5, 0.6) is 11.5 Å². The van der Waals surface area contributed by atoms with Crippen molar-refractivity contribution in [1.82, 2.24) is 4.98 Å². The quantitative estimate of drug-likeness (QED) is 0.665. The summed E-state index contributed by atoms with van der Waals surface area (Å²) in [6, 6.07) is 12.8. The molecule has 1 aromatic heterocycles. The van der Waals surface area contributed by atoms with Crippen LogP contribution in [-0.4, -0.2) is 16.9 Å². The molecule has 0 fully saturated rings. The Morgan fingerprint density at radius 2 is 1.83 bits per heavy atom. The number of primary amides is 1. The van der Waals surface area contributed by atoms with Gasteiger partial charge in [-0.05, 0) is 55.3 Å².